The Labute approximate surface area is 109 Å². The molecule has 0 spiro atoms. The molecule has 6 heteroatoms. The van der Waals surface area contributed by atoms with Crippen molar-refractivity contribution >= 4 is 8.80 Å². The van der Waals surface area contributed by atoms with Crippen LogP contribution in [0.3, 0.4) is 0 Å². The molecule has 0 aliphatic rings. The van der Waals surface area contributed by atoms with E-state index in [-0.39, 0.29) is 0 Å². The fraction of sp³-hybridized carbons (Fsp3) is 0.667. The van der Waals surface area contributed by atoms with Crippen LogP contribution in [0.15, 0.2) is 22.8 Å². The maximum absolute atomic E-state index is 5.53. The van der Waals surface area contributed by atoms with Crippen LogP contribution >= 0.6 is 0 Å². The topological polar surface area (TPSA) is 50.1 Å². The van der Waals surface area contributed by atoms with Crippen molar-refractivity contribution in [3.63, 3.8) is 0 Å². The Kier molecular flexibility index (Phi) is 7.22. The van der Waals surface area contributed by atoms with E-state index in [1.165, 1.54) is 0 Å². The first-order chi connectivity index (χ1) is 8.76. The predicted octanol–water partition coefficient (Wildman–Crippen LogP) is 2.11. The van der Waals surface area contributed by atoms with Crippen LogP contribution < -0.4 is 0 Å². The average Bonchev–Trinajstić information content (AvgIpc) is 2.92. The monoisotopic (exact) mass is 274 g/mol. The number of rotatable bonds is 10. The second-order valence-electron chi connectivity index (χ2n) is 3.84. The van der Waals surface area contributed by atoms with E-state index in [1.54, 1.807) is 27.6 Å². The molecule has 0 unspecified atom stereocenters. The molecule has 0 aliphatic carbocycles. The van der Waals surface area contributed by atoms with Crippen LogP contribution in [0.2, 0.25) is 6.04 Å². The molecule has 0 saturated carbocycles. The summed E-state index contributed by atoms with van der Waals surface area (Å²) >= 11 is 0. The lowest BCUT2D eigenvalue weighted by Crippen LogP contribution is -2.42. The van der Waals surface area contributed by atoms with Crippen molar-refractivity contribution < 1.29 is 22.4 Å². The fourth-order valence-electron chi connectivity index (χ4n) is 1.68. The van der Waals surface area contributed by atoms with E-state index < -0.39 is 8.80 Å². The first kappa shape index (κ1) is 15.4. The molecule has 1 aromatic rings. The number of furan rings is 1. The van der Waals surface area contributed by atoms with Gasteiger partial charge in [-0.15, -0.1) is 0 Å². The second kappa shape index (κ2) is 8.44. The molecule has 1 rings (SSSR count). The third-order valence-electron chi connectivity index (χ3n) is 2.78. The van der Waals surface area contributed by atoms with Gasteiger partial charge in [-0.2, -0.15) is 0 Å². The lowest BCUT2D eigenvalue weighted by molar-refractivity contribution is 0.107. The average molecular weight is 274 g/mol. The molecule has 104 valence electrons. The molecule has 1 aromatic heterocycles. The second-order valence-corrected chi connectivity index (χ2v) is 6.93. The zero-order valence-electron chi connectivity index (χ0n) is 11.3. The highest BCUT2D eigenvalue weighted by atomic mass is 28.4. The lowest BCUT2D eigenvalue weighted by Gasteiger charge is -2.24. The van der Waals surface area contributed by atoms with Gasteiger partial charge in [-0.05, 0) is 18.6 Å². The zero-order chi connectivity index (χ0) is 13.3. The molecular weight excluding hydrogens is 252 g/mol. The van der Waals surface area contributed by atoms with Gasteiger partial charge in [-0.3, -0.25) is 0 Å². The van der Waals surface area contributed by atoms with Crippen LogP contribution in [0.1, 0.15) is 12.2 Å². The van der Waals surface area contributed by atoms with Crippen molar-refractivity contribution in [2.45, 2.75) is 18.9 Å². The third kappa shape index (κ3) is 4.91. The maximum Gasteiger partial charge on any atom is 0.500 e. The maximum atomic E-state index is 5.53. The molecule has 0 aromatic carbocycles. The SMILES string of the molecule is CO[Si](CCCOCCc1ccco1)(OC)OC. The molecular formula is C12H22O5Si. The van der Waals surface area contributed by atoms with Crippen LogP contribution in [-0.2, 0) is 24.4 Å². The van der Waals surface area contributed by atoms with Crippen molar-refractivity contribution in [1.29, 1.82) is 0 Å². The summed E-state index contributed by atoms with van der Waals surface area (Å²) in [4.78, 5) is 0. The summed E-state index contributed by atoms with van der Waals surface area (Å²) in [6.45, 7) is 1.33. The van der Waals surface area contributed by atoms with Crippen LogP contribution in [0.5, 0.6) is 0 Å². The normalized spacial score (nSPS) is 11.9. The molecule has 0 radical (unpaired) electrons. The lowest BCUT2D eigenvalue weighted by atomic mass is 10.3. The van der Waals surface area contributed by atoms with Crippen LogP contribution in [0.25, 0.3) is 0 Å². The summed E-state index contributed by atoms with van der Waals surface area (Å²) in [6, 6.07) is 4.59. The van der Waals surface area contributed by atoms with Crippen molar-refractivity contribution in [3.8, 4) is 0 Å². The van der Waals surface area contributed by atoms with E-state index in [4.69, 9.17) is 22.4 Å². The Morgan fingerprint density at radius 1 is 1.11 bits per heavy atom. The molecule has 5 nitrogen and oxygen atoms in total. The van der Waals surface area contributed by atoms with E-state index in [1.807, 2.05) is 12.1 Å². The summed E-state index contributed by atoms with van der Waals surface area (Å²) < 4.78 is 26.7. The smallest absolute Gasteiger partial charge is 0.469 e. The number of ether oxygens (including phenoxy) is 1. The summed E-state index contributed by atoms with van der Waals surface area (Å²) in [5.74, 6) is 0.949. The summed E-state index contributed by atoms with van der Waals surface area (Å²) in [5, 5.41) is 0. The van der Waals surface area contributed by atoms with E-state index >= 15 is 0 Å². The van der Waals surface area contributed by atoms with Gasteiger partial charge in [0.25, 0.3) is 0 Å². The van der Waals surface area contributed by atoms with Crippen LogP contribution in [-0.4, -0.2) is 43.3 Å². The molecule has 1 heterocycles. The molecule has 0 N–H and O–H groups in total. The molecule has 0 amide bonds. The first-order valence-corrected chi connectivity index (χ1v) is 7.95. The third-order valence-corrected chi connectivity index (χ3v) is 5.61. The van der Waals surface area contributed by atoms with Gasteiger partial charge in [0.05, 0.1) is 12.9 Å². The van der Waals surface area contributed by atoms with Gasteiger partial charge >= 0.3 is 8.80 Å². The summed E-state index contributed by atoms with van der Waals surface area (Å²) in [5.41, 5.74) is 0. The Hall–Kier alpha value is -0.663. The van der Waals surface area contributed by atoms with E-state index in [0.29, 0.717) is 13.2 Å². The number of hydrogen-bond donors (Lipinski definition) is 0. The van der Waals surface area contributed by atoms with E-state index in [9.17, 15) is 0 Å². The van der Waals surface area contributed by atoms with Crippen molar-refractivity contribution in [2.24, 2.45) is 0 Å². The van der Waals surface area contributed by atoms with Gasteiger partial charge in [0, 0.05) is 40.4 Å². The van der Waals surface area contributed by atoms with Gasteiger partial charge < -0.3 is 22.4 Å². The summed E-state index contributed by atoms with van der Waals surface area (Å²) in [6.07, 6.45) is 3.33. The van der Waals surface area contributed by atoms with Crippen LogP contribution in [0, 0.1) is 0 Å². The van der Waals surface area contributed by atoms with Crippen molar-refractivity contribution in [1.82, 2.24) is 0 Å². The van der Waals surface area contributed by atoms with E-state index in [0.717, 1.165) is 24.6 Å². The Morgan fingerprint density at radius 3 is 2.39 bits per heavy atom. The van der Waals surface area contributed by atoms with Crippen molar-refractivity contribution in [3.05, 3.63) is 24.2 Å². The van der Waals surface area contributed by atoms with Gasteiger partial charge in [0.2, 0.25) is 0 Å². The molecule has 0 aliphatic heterocycles. The molecule has 0 saturated heterocycles. The highest BCUT2D eigenvalue weighted by Gasteiger charge is 2.36. The Bertz CT molecular complexity index is 289. The minimum absolute atomic E-state index is 0.662. The highest BCUT2D eigenvalue weighted by molar-refractivity contribution is 6.60. The molecule has 0 atom stereocenters. The van der Waals surface area contributed by atoms with Gasteiger partial charge in [-0.1, -0.05) is 0 Å². The fourth-order valence-corrected chi connectivity index (χ4v) is 3.37. The Morgan fingerprint density at radius 2 is 1.83 bits per heavy atom. The number of hydrogen-bond acceptors (Lipinski definition) is 5. The Balaban J connectivity index is 2.07. The predicted molar refractivity (Wildman–Crippen MR) is 69.4 cm³/mol. The van der Waals surface area contributed by atoms with E-state index in [2.05, 4.69) is 0 Å². The summed E-state index contributed by atoms with van der Waals surface area (Å²) in [7, 11) is 2.44. The van der Waals surface area contributed by atoms with Crippen LogP contribution in [0.4, 0.5) is 0 Å². The quantitative estimate of drug-likeness (QED) is 0.483. The largest absolute Gasteiger partial charge is 0.500 e. The molecule has 0 fully saturated rings. The molecule has 0 bridgehead atoms. The highest BCUT2D eigenvalue weighted by Crippen LogP contribution is 2.14. The minimum Gasteiger partial charge on any atom is -0.469 e. The van der Waals surface area contributed by atoms with Gasteiger partial charge in [0.15, 0.2) is 0 Å². The van der Waals surface area contributed by atoms with Gasteiger partial charge in [0.1, 0.15) is 5.76 Å². The first-order valence-electron chi connectivity index (χ1n) is 6.02. The molecule has 18 heavy (non-hydrogen) atoms. The zero-order valence-corrected chi connectivity index (χ0v) is 12.3. The minimum atomic E-state index is -2.43. The van der Waals surface area contributed by atoms with Gasteiger partial charge in [-0.25, -0.2) is 0 Å². The standard InChI is InChI=1S/C12H22O5Si/c1-13-18(14-2,15-3)11-5-8-16-10-7-12-6-4-9-17-12/h4,6,9H,5,7-8,10-11H2,1-3H3. The van der Waals surface area contributed by atoms with Crippen molar-refractivity contribution in [2.75, 3.05) is 34.5 Å².